The van der Waals surface area contributed by atoms with Crippen LogP contribution in [0.2, 0.25) is 0 Å². The van der Waals surface area contributed by atoms with Crippen molar-refractivity contribution in [1.29, 1.82) is 0 Å². The van der Waals surface area contributed by atoms with E-state index in [1.807, 2.05) is 11.0 Å². The Balaban J connectivity index is 1.21. The van der Waals surface area contributed by atoms with Crippen LogP contribution in [0.1, 0.15) is 88.2 Å². The van der Waals surface area contributed by atoms with Crippen molar-refractivity contribution in [3.8, 4) is 5.75 Å². The number of halogens is 5. The van der Waals surface area contributed by atoms with Crippen LogP contribution in [-0.4, -0.2) is 65.0 Å². The zero-order chi connectivity index (χ0) is 29.8. The number of aryl methyl sites for hydroxylation is 1. The van der Waals surface area contributed by atoms with Crippen molar-refractivity contribution in [2.45, 2.75) is 107 Å². The van der Waals surface area contributed by atoms with Gasteiger partial charge >= 0.3 is 18.1 Å². The number of ether oxygens (including phenoxy) is 1. The van der Waals surface area contributed by atoms with Crippen LogP contribution < -0.4 is 0 Å². The van der Waals surface area contributed by atoms with Crippen LogP contribution >= 0.6 is 0 Å². The average molecular weight is 588 g/mol. The number of fused-ring (bicyclic) bond motifs is 7. The predicted octanol–water partition coefficient (Wildman–Crippen LogP) is 6.60. The summed E-state index contributed by atoms with van der Waals surface area (Å²) in [5.41, 5.74) is 0.880. The molecule has 3 aliphatic carbocycles. The van der Waals surface area contributed by atoms with Gasteiger partial charge in [-0.1, -0.05) is 25.8 Å². The molecule has 1 aromatic carbocycles. The quantitative estimate of drug-likeness (QED) is 0.183. The van der Waals surface area contributed by atoms with Gasteiger partial charge in [0.15, 0.2) is 0 Å². The van der Waals surface area contributed by atoms with Crippen LogP contribution in [0.5, 0.6) is 5.75 Å². The molecule has 0 amide bonds. The number of carbonyl (C=O) groups is 1. The summed E-state index contributed by atoms with van der Waals surface area (Å²) in [6, 6.07) is 5.68. The zero-order valence-corrected chi connectivity index (χ0v) is 23.9. The fourth-order valence-electron chi connectivity index (χ4n) is 8.90. The van der Waals surface area contributed by atoms with Crippen LogP contribution in [0.3, 0.4) is 0 Å². The maximum Gasteiger partial charge on any atom is 0.453 e. The summed E-state index contributed by atoms with van der Waals surface area (Å²) < 4.78 is 69.1. The number of alkyl halides is 5. The molecule has 0 aromatic heterocycles. The van der Waals surface area contributed by atoms with Crippen LogP contribution in [0.15, 0.2) is 18.2 Å². The first-order chi connectivity index (χ1) is 19.2. The number of nitrogens with zero attached hydrogens (tertiary/aromatic N) is 1. The molecule has 230 valence electrons. The number of carbonyl (C=O) groups excluding carboxylic acids is 1. The highest BCUT2D eigenvalue weighted by Crippen LogP contribution is 2.68. The van der Waals surface area contributed by atoms with E-state index in [-0.39, 0.29) is 42.9 Å². The molecule has 5 rings (SSSR count). The summed E-state index contributed by atoms with van der Waals surface area (Å²) in [7, 11) is 1.75. The van der Waals surface area contributed by atoms with Crippen molar-refractivity contribution in [1.82, 2.24) is 4.90 Å². The second kappa shape index (κ2) is 11.0. The molecule has 3 fully saturated rings. The Labute approximate surface area is 238 Å². The molecule has 1 aliphatic heterocycles. The number of rotatable bonds is 10. The number of aliphatic hydroxyl groups is 1. The van der Waals surface area contributed by atoms with E-state index in [4.69, 9.17) is 4.74 Å². The molecule has 4 aliphatic rings. The van der Waals surface area contributed by atoms with Crippen molar-refractivity contribution in [2.75, 3.05) is 20.1 Å². The lowest BCUT2D eigenvalue weighted by molar-refractivity contribution is -0.284. The Morgan fingerprint density at radius 1 is 1.10 bits per heavy atom. The van der Waals surface area contributed by atoms with Gasteiger partial charge in [0, 0.05) is 11.8 Å². The molecule has 1 aromatic rings. The normalized spacial score (nSPS) is 34.7. The Bertz CT molecular complexity index is 1130. The fourth-order valence-corrected chi connectivity index (χ4v) is 8.90. The average Bonchev–Trinajstić information content (AvgIpc) is 3.28. The third-order valence-corrected chi connectivity index (χ3v) is 11.0. The van der Waals surface area contributed by atoms with Crippen molar-refractivity contribution in [3.63, 3.8) is 0 Å². The minimum atomic E-state index is -5.50. The molecule has 2 saturated carbocycles. The van der Waals surface area contributed by atoms with Gasteiger partial charge < -0.3 is 19.8 Å². The smallest absolute Gasteiger partial charge is 0.453 e. The van der Waals surface area contributed by atoms with E-state index in [0.717, 1.165) is 44.9 Å². The van der Waals surface area contributed by atoms with Crippen LogP contribution in [0.25, 0.3) is 0 Å². The van der Waals surface area contributed by atoms with E-state index in [9.17, 15) is 37.0 Å². The van der Waals surface area contributed by atoms with Crippen LogP contribution in [0, 0.1) is 23.2 Å². The Hall–Kier alpha value is -1.94. The number of phenolic OH excluding ortho intramolecular Hbond substituents is 1. The lowest BCUT2D eigenvalue weighted by atomic mass is 9.49. The van der Waals surface area contributed by atoms with Crippen molar-refractivity contribution < 1.29 is 41.7 Å². The highest BCUT2D eigenvalue weighted by Gasteiger charge is 2.71. The molecule has 0 bridgehead atoms. The topological polar surface area (TPSA) is 70.0 Å². The highest BCUT2D eigenvalue weighted by atomic mass is 19.4. The summed E-state index contributed by atoms with van der Waals surface area (Å²) in [5, 5.41) is 21.9. The molecule has 1 saturated heterocycles. The zero-order valence-electron chi connectivity index (χ0n) is 23.9. The molecule has 7 atom stereocenters. The summed E-state index contributed by atoms with van der Waals surface area (Å²) in [5.74, 6) is -3.53. The number of esters is 1. The number of phenols is 1. The van der Waals surface area contributed by atoms with Crippen molar-refractivity contribution in [3.05, 3.63) is 29.3 Å². The maximum atomic E-state index is 13.2. The SMILES string of the molecule is CN(CCCCC[C@H]1C[C@@]2(C)[C@@H](C[C@H]3OC(=O)C[C@]32O)[C@@H]2CCc3cc(O)ccc3[C@@H]12)CCCC(F)(F)C(F)(F)F. The first-order valence-electron chi connectivity index (χ1n) is 15.0. The van der Waals surface area contributed by atoms with Gasteiger partial charge in [0.25, 0.3) is 0 Å². The summed E-state index contributed by atoms with van der Waals surface area (Å²) >= 11 is 0. The van der Waals surface area contributed by atoms with Gasteiger partial charge in [0.05, 0.1) is 6.42 Å². The molecule has 0 unspecified atom stereocenters. The predicted molar refractivity (Wildman–Crippen MR) is 143 cm³/mol. The van der Waals surface area contributed by atoms with Crippen LogP contribution in [0.4, 0.5) is 22.0 Å². The Kier molecular flexibility index (Phi) is 8.16. The standard InChI is InChI=1S/C31H42F5NO4/c1-28-17-20(7-4-3-5-13-37(2)14-6-12-30(32,33)31(34,35)36)27-22-11-9-21(38)15-19(22)8-10-23(27)24(28)16-25-29(28,40)18-26(39)41-25/h9,11,15,20,23-25,27,38,40H,3-8,10,12-14,16-18H2,1-2H3/t20-,23-,24-,25+,27+,28-,29-/m0/s1. The van der Waals surface area contributed by atoms with Gasteiger partial charge in [-0.3, -0.25) is 4.79 Å². The molecule has 2 N–H and O–H groups in total. The van der Waals surface area contributed by atoms with Crippen molar-refractivity contribution in [2.24, 2.45) is 23.2 Å². The third kappa shape index (κ3) is 5.48. The third-order valence-electron chi connectivity index (χ3n) is 11.0. The molecular weight excluding hydrogens is 545 g/mol. The monoisotopic (exact) mass is 587 g/mol. The number of aromatic hydroxyl groups is 1. The minimum absolute atomic E-state index is 0.0421. The van der Waals surface area contributed by atoms with Crippen LogP contribution in [-0.2, 0) is 16.0 Å². The lowest BCUT2D eigenvalue weighted by Gasteiger charge is -2.56. The lowest BCUT2D eigenvalue weighted by Crippen LogP contribution is -2.54. The van der Waals surface area contributed by atoms with Gasteiger partial charge in [0.1, 0.15) is 17.5 Å². The fraction of sp³-hybridized carbons (Fsp3) is 0.774. The minimum Gasteiger partial charge on any atom is -0.508 e. The van der Waals surface area contributed by atoms with E-state index in [2.05, 4.69) is 13.0 Å². The number of hydrogen-bond donors (Lipinski definition) is 2. The first kappa shape index (κ1) is 30.5. The number of unbranched alkanes of at least 4 members (excludes halogenated alkanes) is 2. The van der Waals surface area contributed by atoms with Crippen molar-refractivity contribution >= 4 is 5.97 Å². The first-order valence-corrected chi connectivity index (χ1v) is 15.0. The van der Waals surface area contributed by atoms with Gasteiger partial charge in [-0.25, -0.2) is 0 Å². The summed E-state index contributed by atoms with van der Waals surface area (Å²) in [6.07, 6.45) is -0.474. The molecule has 10 heteroatoms. The largest absolute Gasteiger partial charge is 0.508 e. The molecule has 41 heavy (non-hydrogen) atoms. The maximum absolute atomic E-state index is 13.2. The van der Waals surface area contributed by atoms with E-state index in [1.54, 1.807) is 13.1 Å². The van der Waals surface area contributed by atoms with E-state index >= 15 is 0 Å². The second-order valence-electron chi connectivity index (χ2n) is 13.4. The van der Waals surface area contributed by atoms with Gasteiger partial charge in [-0.15, -0.1) is 0 Å². The molecule has 0 radical (unpaired) electrons. The van der Waals surface area contributed by atoms with Gasteiger partial charge in [-0.05, 0) is 112 Å². The van der Waals surface area contributed by atoms with E-state index in [1.165, 1.54) is 11.1 Å². The summed E-state index contributed by atoms with van der Waals surface area (Å²) in [6.45, 7) is 2.95. The highest BCUT2D eigenvalue weighted by molar-refractivity contribution is 5.74. The Morgan fingerprint density at radius 2 is 1.83 bits per heavy atom. The van der Waals surface area contributed by atoms with Gasteiger partial charge in [-0.2, -0.15) is 22.0 Å². The molecule has 1 heterocycles. The number of benzene rings is 1. The summed E-state index contributed by atoms with van der Waals surface area (Å²) in [4.78, 5) is 14.0. The number of hydrogen-bond acceptors (Lipinski definition) is 5. The Morgan fingerprint density at radius 3 is 2.56 bits per heavy atom. The van der Waals surface area contributed by atoms with E-state index in [0.29, 0.717) is 24.8 Å². The van der Waals surface area contributed by atoms with E-state index < -0.39 is 35.6 Å². The molecular formula is C31H42F5NO4. The van der Waals surface area contributed by atoms with Gasteiger partial charge in [0.2, 0.25) is 0 Å². The molecule has 0 spiro atoms. The second-order valence-corrected chi connectivity index (χ2v) is 13.4. The molecule has 5 nitrogen and oxygen atoms in total.